The van der Waals surface area contributed by atoms with Crippen LogP contribution in [0.25, 0.3) is 66.1 Å². The Hall–Kier alpha value is -5.08. The van der Waals surface area contributed by atoms with Crippen molar-refractivity contribution in [2.24, 2.45) is 0 Å². The Morgan fingerprint density at radius 2 is 1.05 bits per heavy atom. The van der Waals surface area contributed by atoms with Gasteiger partial charge in [-0.3, -0.25) is 0 Å². The van der Waals surface area contributed by atoms with Crippen molar-refractivity contribution in [2.45, 2.75) is 0 Å². The maximum Gasteiger partial charge on any atom is 0.0645 e. The van der Waals surface area contributed by atoms with Crippen LogP contribution in [0.5, 0.6) is 0 Å². The van der Waals surface area contributed by atoms with Crippen LogP contribution < -0.4 is 0 Å². The van der Waals surface area contributed by atoms with Crippen LogP contribution in [-0.4, -0.2) is 9.13 Å². The van der Waals surface area contributed by atoms with Gasteiger partial charge >= 0.3 is 0 Å². The molecule has 0 spiro atoms. The molecule has 0 radical (unpaired) electrons. The molecular formula is C36H24N2. The first-order valence-corrected chi connectivity index (χ1v) is 12.1. The molecule has 8 aromatic rings. The molecule has 2 heteroatoms. The van der Waals surface area contributed by atoms with Gasteiger partial charge in [0.15, 0.2) is 0 Å². The average molecular weight is 496 g/mol. The summed E-state index contributed by atoms with van der Waals surface area (Å²) in [6.45, 7) is 0. The van der Waals surface area contributed by atoms with E-state index in [9.17, 15) is 0 Å². The third-order valence-electron chi connectivity index (χ3n) is 6.94. The van der Waals surface area contributed by atoms with Gasteiger partial charge in [-0.25, -0.2) is 0 Å². The summed E-state index contributed by atoms with van der Waals surface area (Å²) in [6, 6.07) is 20.4. The standard InChI is InChI=1S/C36H24N2/c1-2-11-25(12-3-1)26-13-10-14-27(23-26)37-35-20-9-6-17-31(35)32-24-28(21-22-36(32)37)38-33-18-7-4-15-29(33)30-16-5-8-19-34(30)38/h1-24H/i1D,4D,5D,7D,8D,11D,12D,15D,16D,18D,19D. The number of rotatable bonds is 3. The molecule has 178 valence electrons. The molecule has 0 amide bonds. The van der Waals surface area contributed by atoms with Gasteiger partial charge in [0.1, 0.15) is 0 Å². The van der Waals surface area contributed by atoms with Crippen LogP contribution in [0.1, 0.15) is 15.1 Å². The highest BCUT2D eigenvalue weighted by atomic mass is 15.0. The van der Waals surface area contributed by atoms with Crippen molar-refractivity contribution >= 4 is 43.6 Å². The van der Waals surface area contributed by atoms with Crippen molar-refractivity contribution < 1.29 is 15.1 Å². The zero-order valence-electron chi connectivity index (χ0n) is 30.9. The van der Waals surface area contributed by atoms with E-state index >= 15 is 0 Å². The summed E-state index contributed by atoms with van der Waals surface area (Å²) in [4.78, 5) is 0. The second-order valence-electron chi connectivity index (χ2n) is 9.01. The largest absolute Gasteiger partial charge is 0.309 e. The van der Waals surface area contributed by atoms with Crippen LogP contribution in [0.3, 0.4) is 0 Å². The lowest BCUT2D eigenvalue weighted by Crippen LogP contribution is -1.96. The number of aromatic nitrogens is 2. The molecule has 0 N–H and O–H groups in total. The summed E-state index contributed by atoms with van der Waals surface area (Å²) in [5, 5.41) is 1.70. The molecule has 2 aromatic heterocycles. The van der Waals surface area contributed by atoms with Crippen molar-refractivity contribution in [3.05, 3.63) is 145 Å². The first-order chi connectivity index (χ1) is 23.4. The third-order valence-corrected chi connectivity index (χ3v) is 6.94. The molecule has 0 saturated heterocycles. The Balaban J connectivity index is 1.45. The highest BCUT2D eigenvalue weighted by molar-refractivity contribution is 6.12. The van der Waals surface area contributed by atoms with Gasteiger partial charge in [-0.05, 0) is 59.6 Å². The zero-order valence-corrected chi connectivity index (χ0v) is 19.9. The Labute approximate surface area is 236 Å². The molecule has 38 heavy (non-hydrogen) atoms. The monoisotopic (exact) mass is 495 g/mol. The molecule has 0 bridgehead atoms. The van der Waals surface area contributed by atoms with Gasteiger partial charge in [0, 0.05) is 32.9 Å². The molecule has 6 aromatic carbocycles. The average Bonchev–Trinajstić information content (AvgIpc) is 3.61. The lowest BCUT2D eigenvalue weighted by atomic mass is 10.1. The number of hydrogen-bond acceptors (Lipinski definition) is 0. The molecule has 0 unspecified atom stereocenters. The lowest BCUT2D eigenvalue weighted by Gasteiger charge is -2.11. The first kappa shape index (κ1) is 12.9. The van der Waals surface area contributed by atoms with Crippen molar-refractivity contribution in [3.63, 3.8) is 0 Å². The molecule has 0 saturated carbocycles. The Kier molecular flexibility index (Phi) is 2.80. The molecule has 0 fully saturated rings. The normalized spacial score (nSPS) is 15.7. The summed E-state index contributed by atoms with van der Waals surface area (Å²) < 4.78 is 97.1. The minimum absolute atomic E-state index is 0.0216. The number of hydrogen-bond donors (Lipinski definition) is 0. The molecule has 0 aliphatic heterocycles. The minimum atomic E-state index is -0.490. The van der Waals surface area contributed by atoms with Gasteiger partial charge in [0.2, 0.25) is 0 Å². The molecule has 0 aliphatic carbocycles. The highest BCUT2D eigenvalue weighted by Crippen LogP contribution is 2.37. The summed E-state index contributed by atoms with van der Waals surface area (Å²) in [6.07, 6.45) is 0. The second-order valence-corrected chi connectivity index (χ2v) is 9.01. The molecule has 0 atom stereocenters. The van der Waals surface area contributed by atoms with Crippen LogP contribution in [0.15, 0.2) is 145 Å². The number of para-hydroxylation sites is 3. The van der Waals surface area contributed by atoms with E-state index in [1.54, 1.807) is 6.07 Å². The minimum Gasteiger partial charge on any atom is -0.309 e. The van der Waals surface area contributed by atoms with Crippen LogP contribution in [0.4, 0.5) is 0 Å². The fourth-order valence-corrected chi connectivity index (χ4v) is 5.34. The van der Waals surface area contributed by atoms with E-state index in [2.05, 4.69) is 0 Å². The highest BCUT2D eigenvalue weighted by Gasteiger charge is 2.16. The Morgan fingerprint density at radius 1 is 0.395 bits per heavy atom. The van der Waals surface area contributed by atoms with Gasteiger partial charge in [-0.2, -0.15) is 0 Å². The van der Waals surface area contributed by atoms with Crippen molar-refractivity contribution in [3.8, 4) is 22.5 Å². The predicted molar refractivity (Wildman–Crippen MR) is 161 cm³/mol. The molecule has 2 heterocycles. The maximum absolute atomic E-state index is 8.87. The summed E-state index contributed by atoms with van der Waals surface area (Å²) >= 11 is 0. The van der Waals surface area contributed by atoms with E-state index < -0.39 is 24.2 Å². The van der Waals surface area contributed by atoms with E-state index in [0.29, 0.717) is 16.8 Å². The SMILES string of the molecule is [2H]c1cc([2H])c(-c2cccc(-n3c4ccccc4c4cc(-n5c6c([2H])c([2H])c([2H])c([2H])c6c6c([2H])c([2H])c([2H])c([2H])c65)ccc43)c2)c([2H])c1. The Bertz CT molecular complexity index is 2640. The summed E-state index contributed by atoms with van der Waals surface area (Å²) in [5.41, 5.74) is 4.06. The van der Waals surface area contributed by atoms with Crippen molar-refractivity contribution in [1.82, 2.24) is 9.13 Å². The number of nitrogens with zero attached hydrogens (tertiary/aromatic N) is 2. The van der Waals surface area contributed by atoms with Crippen molar-refractivity contribution in [2.75, 3.05) is 0 Å². The maximum atomic E-state index is 8.87. The fourth-order valence-electron chi connectivity index (χ4n) is 5.34. The van der Waals surface area contributed by atoms with E-state index in [4.69, 9.17) is 15.1 Å². The summed E-state index contributed by atoms with van der Waals surface area (Å²) in [7, 11) is 0. The topological polar surface area (TPSA) is 9.86 Å². The van der Waals surface area contributed by atoms with Gasteiger partial charge in [0.05, 0.1) is 37.1 Å². The van der Waals surface area contributed by atoms with Gasteiger partial charge in [0.25, 0.3) is 0 Å². The van der Waals surface area contributed by atoms with Gasteiger partial charge < -0.3 is 9.13 Å². The fraction of sp³-hybridized carbons (Fsp3) is 0. The van der Waals surface area contributed by atoms with E-state index in [-0.39, 0.29) is 64.1 Å². The lowest BCUT2D eigenvalue weighted by molar-refractivity contribution is 1.17. The van der Waals surface area contributed by atoms with Gasteiger partial charge in [-0.15, -0.1) is 0 Å². The molecular weight excluding hydrogens is 460 g/mol. The summed E-state index contributed by atoms with van der Waals surface area (Å²) in [5.74, 6) is 0. The molecule has 8 rings (SSSR count). The number of benzene rings is 6. The van der Waals surface area contributed by atoms with Gasteiger partial charge in [-0.1, -0.05) is 96.8 Å². The second kappa shape index (κ2) is 8.22. The van der Waals surface area contributed by atoms with Crippen molar-refractivity contribution in [1.29, 1.82) is 0 Å². The smallest absolute Gasteiger partial charge is 0.0645 e. The van der Waals surface area contributed by atoms with Crippen LogP contribution >= 0.6 is 0 Å². The predicted octanol–water partition coefficient (Wildman–Crippen LogP) is 9.55. The van der Waals surface area contributed by atoms with E-state index in [1.165, 1.54) is 16.7 Å². The molecule has 0 aliphatic rings. The van der Waals surface area contributed by atoms with Crippen LogP contribution in [0.2, 0.25) is 0 Å². The van der Waals surface area contributed by atoms with E-state index in [1.807, 2.05) is 65.2 Å². The first-order valence-electron chi connectivity index (χ1n) is 17.6. The quantitative estimate of drug-likeness (QED) is 0.231. The third kappa shape index (κ3) is 3.07. The Morgan fingerprint density at radius 3 is 1.84 bits per heavy atom. The molecule has 2 nitrogen and oxygen atoms in total. The van der Waals surface area contributed by atoms with Crippen LogP contribution in [0, 0.1) is 0 Å². The number of fused-ring (bicyclic) bond motifs is 6. The van der Waals surface area contributed by atoms with Crippen LogP contribution in [-0.2, 0) is 0 Å². The van der Waals surface area contributed by atoms with E-state index in [0.717, 1.165) is 27.5 Å². The zero-order chi connectivity index (χ0) is 34.6.